The van der Waals surface area contributed by atoms with Crippen LogP contribution in [-0.2, 0) is 14.4 Å². The van der Waals surface area contributed by atoms with Crippen LogP contribution in [0, 0.1) is 0 Å². The van der Waals surface area contributed by atoms with Crippen LogP contribution in [-0.4, -0.2) is 33.2 Å². The highest BCUT2D eigenvalue weighted by molar-refractivity contribution is 5.83. The average molecular weight is 225 g/mol. The molecule has 1 heterocycles. The second kappa shape index (κ2) is 5.64. The predicted molar refractivity (Wildman–Crippen MR) is 52.4 cm³/mol. The van der Waals surface area contributed by atoms with Gasteiger partial charge < -0.3 is 20.2 Å². The number of carbonyl (C=O) groups excluding carboxylic acids is 2. The molecule has 0 radical (unpaired) electrons. The Bertz CT molecular complexity index is 374. The van der Waals surface area contributed by atoms with Gasteiger partial charge in [0.2, 0.25) is 5.91 Å². The van der Waals surface area contributed by atoms with E-state index in [1.54, 1.807) is 0 Å². The summed E-state index contributed by atoms with van der Waals surface area (Å²) in [7, 11) is 0. The van der Waals surface area contributed by atoms with Crippen LogP contribution in [0.15, 0.2) is 12.5 Å². The van der Waals surface area contributed by atoms with Crippen LogP contribution in [0.2, 0.25) is 0 Å². The van der Waals surface area contributed by atoms with E-state index in [4.69, 9.17) is 5.11 Å². The molecule has 1 atom stereocenters. The quantitative estimate of drug-likeness (QED) is 0.572. The molecular weight excluding hydrogens is 214 g/mol. The fourth-order valence-corrected chi connectivity index (χ4v) is 1.09. The van der Waals surface area contributed by atoms with Crippen molar-refractivity contribution in [2.45, 2.75) is 18.9 Å². The van der Waals surface area contributed by atoms with E-state index < -0.39 is 17.9 Å². The Labute approximate surface area is 90.9 Å². The fourth-order valence-electron chi connectivity index (χ4n) is 1.09. The molecule has 7 nitrogen and oxygen atoms in total. The van der Waals surface area contributed by atoms with Crippen LogP contribution in [0.25, 0.3) is 0 Å². The largest absolute Gasteiger partial charge is 0.481 e. The lowest BCUT2D eigenvalue weighted by molar-refractivity contribution is -0.138. The van der Waals surface area contributed by atoms with E-state index in [1.807, 2.05) is 0 Å². The molecule has 0 aromatic carbocycles. The van der Waals surface area contributed by atoms with Gasteiger partial charge in [-0.15, -0.1) is 0 Å². The van der Waals surface area contributed by atoms with E-state index in [-0.39, 0.29) is 12.8 Å². The van der Waals surface area contributed by atoms with E-state index in [2.05, 4.69) is 15.3 Å². The molecule has 86 valence electrons. The van der Waals surface area contributed by atoms with Crippen molar-refractivity contribution in [1.29, 1.82) is 0 Å². The van der Waals surface area contributed by atoms with Gasteiger partial charge in [-0.1, -0.05) is 0 Å². The summed E-state index contributed by atoms with van der Waals surface area (Å²) in [6.45, 7) is 0. The lowest BCUT2D eigenvalue weighted by Crippen LogP contribution is -2.29. The lowest BCUT2D eigenvalue weighted by atomic mass is 10.2. The van der Waals surface area contributed by atoms with Gasteiger partial charge in [0.15, 0.2) is 0 Å². The zero-order chi connectivity index (χ0) is 12.0. The molecule has 0 saturated heterocycles. The Morgan fingerprint density at radius 1 is 1.56 bits per heavy atom. The molecule has 1 amide bonds. The number of aldehydes is 1. The van der Waals surface area contributed by atoms with Gasteiger partial charge in [-0.25, -0.2) is 4.98 Å². The van der Waals surface area contributed by atoms with Gasteiger partial charge in [0.1, 0.15) is 12.3 Å². The number of carboxylic acid groups (broad SMARTS) is 1. The molecule has 3 N–H and O–H groups in total. The third-order valence-corrected chi connectivity index (χ3v) is 1.87. The minimum atomic E-state index is -1.06. The third-order valence-electron chi connectivity index (χ3n) is 1.87. The molecule has 0 saturated carbocycles. The number of hydrogen-bond acceptors (Lipinski definition) is 4. The van der Waals surface area contributed by atoms with Crippen molar-refractivity contribution in [3.63, 3.8) is 0 Å². The minimum Gasteiger partial charge on any atom is -0.481 e. The van der Waals surface area contributed by atoms with Gasteiger partial charge in [-0.2, -0.15) is 0 Å². The highest BCUT2D eigenvalue weighted by Gasteiger charge is 2.15. The first-order chi connectivity index (χ1) is 7.63. The van der Waals surface area contributed by atoms with Crippen molar-refractivity contribution in [2.24, 2.45) is 0 Å². The van der Waals surface area contributed by atoms with E-state index in [0.717, 1.165) is 0 Å². The summed E-state index contributed by atoms with van der Waals surface area (Å²) in [4.78, 5) is 38.6. The van der Waals surface area contributed by atoms with Gasteiger partial charge in [-0.05, 0) is 0 Å². The van der Waals surface area contributed by atoms with Crippen molar-refractivity contribution in [3.05, 3.63) is 18.2 Å². The number of imidazole rings is 1. The van der Waals surface area contributed by atoms with E-state index in [1.165, 1.54) is 12.5 Å². The second-order valence-electron chi connectivity index (χ2n) is 3.08. The number of carbonyl (C=O) groups is 3. The number of carboxylic acids is 1. The molecule has 1 aromatic rings. The molecule has 7 heteroatoms. The summed E-state index contributed by atoms with van der Waals surface area (Å²) in [6.07, 6.45) is 2.92. The molecule has 1 unspecified atom stereocenters. The Balaban J connectivity index is 2.48. The van der Waals surface area contributed by atoms with Crippen molar-refractivity contribution in [3.8, 4) is 0 Å². The van der Waals surface area contributed by atoms with Crippen molar-refractivity contribution in [2.75, 3.05) is 0 Å². The normalized spacial score (nSPS) is 11.8. The number of aromatic amines is 1. The van der Waals surface area contributed by atoms with Crippen molar-refractivity contribution in [1.82, 2.24) is 15.3 Å². The van der Waals surface area contributed by atoms with Crippen molar-refractivity contribution >= 4 is 18.2 Å². The number of nitrogens with one attached hydrogen (secondary N) is 2. The fraction of sp³-hybridized carbons (Fsp3) is 0.333. The molecule has 1 rings (SSSR count). The highest BCUT2D eigenvalue weighted by Crippen LogP contribution is 2.05. The van der Waals surface area contributed by atoms with Gasteiger partial charge in [0.25, 0.3) is 0 Å². The predicted octanol–water partition coefficient (Wildman–Crippen LogP) is -0.369. The maximum Gasteiger partial charge on any atom is 0.303 e. The molecule has 0 aliphatic carbocycles. The smallest absolute Gasteiger partial charge is 0.303 e. The Kier molecular flexibility index (Phi) is 4.19. The standard InChI is InChI=1S/C9H11N3O4/c13-4-7(6-3-10-5-11-6)12-8(14)1-2-9(15)16/h3-5,7H,1-2H2,(H,10,11)(H,12,14)(H,15,16). The molecule has 0 spiro atoms. The summed E-state index contributed by atoms with van der Waals surface area (Å²) >= 11 is 0. The molecule has 16 heavy (non-hydrogen) atoms. The Hall–Kier alpha value is -2.18. The molecule has 1 aromatic heterocycles. The SMILES string of the molecule is O=CC(NC(=O)CCC(=O)O)c1cnc[nH]1. The zero-order valence-electron chi connectivity index (χ0n) is 8.34. The van der Waals surface area contributed by atoms with Gasteiger partial charge >= 0.3 is 5.97 Å². The average Bonchev–Trinajstić information content (AvgIpc) is 2.76. The van der Waals surface area contributed by atoms with Crippen molar-refractivity contribution < 1.29 is 19.5 Å². The first kappa shape index (κ1) is 11.9. The third kappa shape index (κ3) is 3.52. The highest BCUT2D eigenvalue weighted by atomic mass is 16.4. The first-order valence-corrected chi connectivity index (χ1v) is 4.58. The van der Waals surface area contributed by atoms with E-state index in [0.29, 0.717) is 12.0 Å². The van der Waals surface area contributed by atoms with E-state index in [9.17, 15) is 14.4 Å². The number of aliphatic carboxylic acids is 1. The summed E-state index contributed by atoms with van der Waals surface area (Å²) < 4.78 is 0. The van der Waals surface area contributed by atoms with Gasteiger partial charge in [0.05, 0.1) is 24.6 Å². The summed E-state index contributed by atoms with van der Waals surface area (Å²) in [5.74, 6) is -1.55. The number of rotatable bonds is 6. The Morgan fingerprint density at radius 2 is 2.31 bits per heavy atom. The summed E-state index contributed by atoms with van der Waals surface area (Å²) in [5.41, 5.74) is 0.457. The topological polar surface area (TPSA) is 112 Å². The lowest BCUT2D eigenvalue weighted by Gasteiger charge is -2.09. The maximum absolute atomic E-state index is 11.2. The number of H-pyrrole nitrogens is 1. The van der Waals surface area contributed by atoms with Gasteiger partial charge in [-0.3, -0.25) is 9.59 Å². The molecular formula is C9H11N3O4. The zero-order valence-corrected chi connectivity index (χ0v) is 8.34. The minimum absolute atomic E-state index is 0.159. The van der Waals surface area contributed by atoms with Crippen LogP contribution in [0.1, 0.15) is 24.6 Å². The Morgan fingerprint density at radius 3 is 2.81 bits per heavy atom. The number of hydrogen-bond donors (Lipinski definition) is 3. The molecule has 0 aliphatic heterocycles. The first-order valence-electron chi connectivity index (χ1n) is 4.58. The molecule has 0 bridgehead atoms. The van der Waals surface area contributed by atoms with Crippen LogP contribution in [0.3, 0.4) is 0 Å². The number of aromatic nitrogens is 2. The second-order valence-corrected chi connectivity index (χ2v) is 3.08. The van der Waals surface area contributed by atoms with Gasteiger partial charge in [0, 0.05) is 6.42 Å². The monoisotopic (exact) mass is 225 g/mol. The number of amides is 1. The molecule has 0 aliphatic rings. The van der Waals surface area contributed by atoms with Crippen LogP contribution in [0.4, 0.5) is 0 Å². The molecule has 0 fully saturated rings. The summed E-state index contributed by atoms with van der Waals surface area (Å²) in [5, 5.41) is 10.8. The van der Waals surface area contributed by atoms with Crippen LogP contribution < -0.4 is 5.32 Å². The maximum atomic E-state index is 11.2. The van der Waals surface area contributed by atoms with Crippen LogP contribution in [0.5, 0.6) is 0 Å². The number of nitrogens with zero attached hydrogens (tertiary/aromatic N) is 1. The van der Waals surface area contributed by atoms with Crippen LogP contribution >= 0.6 is 0 Å². The van der Waals surface area contributed by atoms with E-state index >= 15 is 0 Å². The summed E-state index contributed by atoms with van der Waals surface area (Å²) in [6, 6.07) is -0.816.